The van der Waals surface area contributed by atoms with E-state index in [0.717, 1.165) is 22.3 Å². The maximum absolute atomic E-state index is 11.7. The summed E-state index contributed by atoms with van der Waals surface area (Å²) < 4.78 is 11.9. The van der Waals surface area contributed by atoms with E-state index >= 15 is 0 Å². The molecule has 0 unspecified atom stereocenters. The molecule has 0 bridgehead atoms. The van der Waals surface area contributed by atoms with Crippen LogP contribution in [0.1, 0.15) is 12.8 Å². The van der Waals surface area contributed by atoms with Gasteiger partial charge in [0.05, 0.1) is 23.1 Å². The molecule has 24 heavy (non-hydrogen) atoms. The Morgan fingerprint density at radius 2 is 1.67 bits per heavy atom. The molecule has 0 fully saturated rings. The van der Waals surface area contributed by atoms with Crippen molar-refractivity contribution < 1.29 is 18.5 Å². The molecule has 0 saturated heterocycles. The van der Waals surface area contributed by atoms with Crippen molar-refractivity contribution in [1.82, 2.24) is 4.98 Å². The zero-order valence-electron chi connectivity index (χ0n) is 12.5. The van der Waals surface area contributed by atoms with E-state index in [1.807, 2.05) is 30.3 Å². The van der Waals surface area contributed by atoms with Crippen molar-refractivity contribution >= 4 is 45.5 Å². The van der Waals surface area contributed by atoms with Gasteiger partial charge in [0.1, 0.15) is 17.8 Å². The molecule has 0 aliphatic heterocycles. The van der Waals surface area contributed by atoms with Gasteiger partial charge in [-0.1, -0.05) is 30.3 Å². The van der Waals surface area contributed by atoms with Gasteiger partial charge in [-0.25, -0.2) is 4.98 Å². The third kappa shape index (κ3) is 4.56. The Bertz CT molecular complexity index is 815. The number of aromatic nitrogens is 1. The molecule has 0 saturated carbocycles. The molecule has 5 nitrogen and oxygen atoms in total. The molecule has 0 aliphatic carbocycles. The van der Waals surface area contributed by atoms with Crippen LogP contribution in [0.3, 0.4) is 0 Å². The first-order chi connectivity index (χ1) is 11.7. The van der Waals surface area contributed by atoms with Crippen LogP contribution in [0, 0.1) is 0 Å². The standard InChI is InChI=1S/C17H13NO4S2/c19-15(21-12-6-2-1-3-7-12)10-11-16(20)22-24-17-18-13-8-4-5-9-14(13)23-17/h1-9H,10-11H2. The van der Waals surface area contributed by atoms with Crippen molar-refractivity contribution in [2.45, 2.75) is 17.2 Å². The van der Waals surface area contributed by atoms with Crippen molar-refractivity contribution in [3.05, 3.63) is 54.6 Å². The molecule has 0 atom stereocenters. The van der Waals surface area contributed by atoms with Gasteiger partial charge in [-0.15, -0.1) is 11.3 Å². The molecular weight excluding hydrogens is 346 g/mol. The Kier molecular flexibility index (Phi) is 5.45. The fourth-order valence-electron chi connectivity index (χ4n) is 1.89. The topological polar surface area (TPSA) is 65.5 Å². The van der Waals surface area contributed by atoms with E-state index in [-0.39, 0.29) is 12.8 Å². The van der Waals surface area contributed by atoms with Gasteiger partial charge in [0.25, 0.3) is 0 Å². The Morgan fingerprint density at radius 1 is 0.958 bits per heavy atom. The summed E-state index contributed by atoms with van der Waals surface area (Å²) in [5.74, 6) is -0.493. The molecule has 0 aliphatic rings. The smallest absolute Gasteiger partial charge is 0.318 e. The third-order valence-corrected chi connectivity index (χ3v) is 4.78. The van der Waals surface area contributed by atoms with E-state index in [1.54, 1.807) is 24.3 Å². The Labute approximate surface area is 146 Å². The highest BCUT2D eigenvalue weighted by Crippen LogP contribution is 2.30. The molecule has 0 N–H and O–H groups in total. The molecule has 1 aromatic heterocycles. The molecular formula is C17H13NO4S2. The largest absolute Gasteiger partial charge is 0.427 e. The molecule has 7 heteroatoms. The van der Waals surface area contributed by atoms with Crippen LogP contribution in [-0.2, 0) is 13.8 Å². The molecule has 3 aromatic rings. The number of carbonyl (C=O) groups excluding carboxylic acids is 2. The summed E-state index contributed by atoms with van der Waals surface area (Å²) in [5, 5.41) is 0. The van der Waals surface area contributed by atoms with Crippen LogP contribution in [0.25, 0.3) is 10.2 Å². The zero-order chi connectivity index (χ0) is 16.8. The van der Waals surface area contributed by atoms with Gasteiger partial charge in [0, 0.05) is 0 Å². The van der Waals surface area contributed by atoms with Gasteiger partial charge in [0.2, 0.25) is 0 Å². The summed E-state index contributed by atoms with van der Waals surface area (Å²) in [6, 6.07) is 16.4. The minimum atomic E-state index is -0.482. The summed E-state index contributed by atoms with van der Waals surface area (Å²) >= 11 is 2.36. The number of rotatable bonds is 6. The number of hydrogen-bond donors (Lipinski definition) is 0. The first-order valence-electron chi connectivity index (χ1n) is 7.19. The van der Waals surface area contributed by atoms with Gasteiger partial charge in [0.15, 0.2) is 4.34 Å². The highest BCUT2D eigenvalue weighted by molar-refractivity contribution is 7.97. The summed E-state index contributed by atoms with van der Waals surface area (Å²) in [4.78, 5) is 27.7. The first-order valence-corrected chi connectivity index (χ1v) is 8.75. The predicted octanol–water partition coefficient (Wildman–Crippen LogP) is 4.23. The second-order valence-electron chi connectivity index (χ2n) is 4.77. The summed E-state index contributed by atoms with van der Waals surface area (Å²) in [6.45, 7) is 0. The summed E-state index contributed by atoms with van der Waals surface area (Å²) in [7, 11) is 0. The number of thiazole rings is 1. The SMILES string of the molecule is O=C(CCC(=O)Oc1ccccc1)OSc1nc2ccccc2s1. The van der Waals surface area contributed by atoms with E-state index < -0.39 is 11.9 Å². The monoisotopic (exact) mass is 359 g/mol. The van der Waals surface area contributed by atoms with Crippen LogP contribution in [-0.4, -0.2) is 16.9 Å². The van der Waals surface area contributed by atoms with Gasteiger partial charge >= 0.3 is 11.9 Å². The van der Waals surface area contributed by atoms with Crippen molar-refractivity contribution in [2.24, 2.45) is 0 Å². The highest BCUT2D eigenvalue weighted by Gasteiger charge is 2.12. The fraction of sp³-hybridized carbons (Fsp3) is 0.118. The van der Waals surface area contributed by atoms with Crippen LogP contribution < -0.4 is 4.74 Å². The number of hydrogen-bond acceptors (Lipinski definition) is 7. The average molecular weight is 359 g/mol. The number of carbonyl (C=O) groups is 2. The molecule has 3 rings (SSSR count). The number of esters is 1. The predicted molar refractivity (Wildman–Crippen MR) is 92.9 cm³/mol. The van der Waals surface area contributed by atoms with Gasteiger partial charge in [-0.3, -0.25) is 9.59 Å². The van der Waals surface area contributed by atoms with Crippen LogP contribution in [0.4, 0.5) is 0 Å². The molecule has 0 amide bonds. The van der Waals surface area contributed by atoms with E-state index in [2.05, 4.69) is 4.98 Å². The van der Waals surface area contributed by atoms with Gasteiger partial charge < -0.3 is 8.92 Å². The maximum atomic E-state index is 11.7. The van der Waals surface area contributed by atoms with Crippen molar-refractivity contribution in [1.29, 1.82) is 0 Å². The first kappa shape index (κ1) is 16.5. The van der Waals surface area contributed by atoms with Crippen LogP contribution >= 0.6 is 23.4 Å². The average Bonchev–Trinajstić information content (AvgIpc) is 3.02. The Balaban J connectivity index is 1.43. The van der Waals surface area contributed by atoms with E-state index in [4.69, 9.17) is 8.92 Å². The summed E-state index contributed by atoms with van der Waals surface area (Å²) in [5.41, 5.74) is 0.868. The van der Waals surface area contributed by atoms with Crippen molar-refractivity contribution in [3.63, 3.8) is 0 Å². The molecule has 0 radical (unpaired) electrons. The molecule has 122 valence electrons. The lowest BCUT2D eigenvalue weighted by Gasteiger charge is -2.03. The number of fused-ring (bicyclic) bond motifs is 1. The van der Waals surface area contributed by atoms with Crippen molar-refractivity contribution in [2.75, 3.05) is 0 Å². The van der Waals surface area contributed by atoms with Gasteiger partial charge in [-0.2, -0.15) is 0 Å². The Morgan fingerprint density at radius 3 is 2.46 bits per heavy atom. The molecule has 2 aromatic carbocycles. The number of para-hydroxylation sites is 2. The van der Waals surface area contributed by atoms with Crippen LogP contribution in [0.2, 0.25) is 0 Å². The third-order valence-electron chi connectivity index (χ3n) is 2.99. The minimum Gasteiger partial charge on any atom is -0.427 e. The lowest BCUT2D eigenvalue weighted by molar-refractivity contribution is -0.140. The highest BCUT2D eigenvalue weighted by atomic mass is 32.2. The molecule has 1 heterocycles. The van der Waals surface area contributed by atoms with Crippen LogP contribution in [0.15, 0.2) is 58.9 Å². The normalized spacial score (nSPS) is 10.5. The van der Waals surface area contributed by atoms with Crippen LogP contribution in [0.5, 0.6) is 5.75 Å². The Hall–Kier alpha value is -2.38. The second kappa shape index (κ2) is 7.94. The number of ether oxygens (including phenoxy) is 1. The van der Waals surface area contributed by atoms with Crippen molar-refractivity contribution in [3.8, 4) is 5.75 Å². The molecule has 0 spiro atoms. The van der Waals surface area contributed by atoms with E-state index in [9.17, 15) is 9.59 Å². The maximum Gasteiger partial charge on any atom is 0.318 e. The number of benzene rings is 2. The quantitative estimate of drug-likeness (QED) is 0.373. The number of nitrogens with zero attached hydrogens (tertiary/aromatic N) is 1. The van der Waals surface area contributed by atoms with E-state index in [1.165, 1.54) is 11.3 Å². The van der Waals surface area contributed by atoms with Gasteiger partial charge in [-0.05, 0) is 24.3 Å². The lowest BCUT2D eigenvalue weighted by atomic mass is 10.3. The fourth-order valence-corrected chi connectivity index (χ4v) is 3.47. The van der Waals surface area contributed by atoms with E-state index in [0.29, 0.717) is 10.1 Å². The summed E-state index contributed by atoms with van der Waals surface area (Å²) in [6.07, 6.45) is -0.0717. The lowest BCUT2D eigenvalue weighted by Crippen LogP contribution is -2.10. The zero-order valence-corrected chi connectivity index (χ0v) is 14.1. The second-order valence-corrected chi connectivity index (χ2v) is 6.78. The minimum absolute atomic E-state index is 0.0336.